The van der Waals surface area contributed by atoms with Crippen LogP contribution in [0, 0.1) is 11.8 Å². The van der Waals surface area contributed by atoms with Crippen LogP contribution in [0.2, 0.25) is 0 Å². The minimum absolute atomic E-state index is 0.710. The molecule has 0 saturated heterocycles. The summed E-state index contributed by atoms with van der Waals surface area (Å²) < 4.78 is 0. The molecular weight excluding hydrogens is 190 g/mol. The van der Waals surface area contributed by atoms with Crippen LogP contribution in [0.15, 0.2) is 21.0 Å². The van der Waals surface area contributed by atoms with Crippen LogP contribution < -0.4 is 5.73 Å². The summed E-state index contributed by atoms with van der Waals surface area (Å²) in [6, 6.07) is 0. The molecule has 1 nitrogen and oxygen atoms in total. The smallest absolute Gasteiger partial charge is 0.00703 e. The first-order valence-electron chi connectivity index (χ1n) is 5.61. The van der Waals surface area contributed by atoms with E-state index in [-0.39, 0.29) is 0 Å². The molecule has 1 saturated carbocycles. The molecule has 0 aromatic heterocycles. The molecule has 0 spiro atoms. The Morgan fingerprint density at radius 2 is 2.36 bits per heavy atom. The van der Waals surface area contributed by atoms with Gasteiger partial charge < -0.3 is 5.73 Å². The van der Waals surface area contributed by atoms with Crippen molar-refractivity contribution < 1.29 is 0 Å². The summed E-state index contributed by atoms with van der Waals surface area (Å²) in [4.78, 5) is 3.27. The molecule has 0 amide bonds. The van der Waals surface area contributed by atoms with Crippen LogP contribution in [-0.2, 0) is 0 Å². The number of hydrogen-bond donors (Lipinski definition) is 1. The highest BCUT2D eigenvalue weighted by Crippen LogP contribution is 2.59. The highest BCUT2D eigenvalue weighted by Gasteiger charge is 2.43. The Kier molecular flexibility index (Phi) is 2.03. The van der Waals surface area contributed by atoms with E-state index in [1.165, 1.54) is 25.7 Å². The Hall–Kier alpha value is -0.210. The lowest BCUT2D eigenvalue weighted by molar-refractivity contribution is 0.495. The van der Waals surface area contributed by atoms with E-state index in [1.807, 2.05) is 11.8 Å². The maximum absolute atomic E-state index is 5.87. The normalized spacial score (nSPS) is 35.6. The summed E-state index contributed by atoms with van der Waals surface area (Å²) in [5.74, 6) is 1.54. The number of nitrogens with two attached hydrogens (primary N) is 1. The topological polar surface area (TPSA) is 26.0 Å². The van der Waals surface area contributed by atoms with Gasteiger partial charge >= 0.3 is 0 Å². The van der Waals surface area contributed by atoms with Crippen LogP contribution in [0.3, 0.4) is 0 Å². The van der Waals surface area contributed by atoms with Crippen molar-refractivity contribution in [3.8, 4) is 0 Å². The fraction of sp³-hybridized carbons (Fsp3) is 0.667. The molecule has 0 bridgehead atoms. The van der Waals surface area contributed by atoms with Crippen LogP contribution in [0.1, 0.15) is 32.6 Å². The first kappa shape index (κ1) is 9.05. The average molecular weight is 207 g/mol. The van der Waals surface area contributed by atoms with Crippen LogP contribution in [0.4, 0.5) is 0 Å². The summed E-state index contributed by atoms with van der Waals surface area (Å²) in [6.07, 6.45) is 5.34. The lowest BCUT2D eigenvalue weighted by Gasteiger charge is -2.29. The van der Waals surface area contributed by atoms with Gasteiger partial charge in [0.1, 0.15) is 0 Å². The van der Waals surface area contributed by atoms with Crippen LogP contribution in [0.25, 0.3) is 0 Å². The average Bonchev–Trinajstić information content (AvgIpc) is 2.97. The molecule has 2 atom stereocenters. The molecule has 3 rings (SSSR count). The molecule has 1 aliphatic heterocycles. The van der Waals surface area contributed by atoms with Gasteiger partial charge in [-0.3, -0.25) is 0 Å². The fourth-order valence-electron chi connectivity index (χ4n) is 2.97. The minimum atomic E-state index is 0.710. The van der Waals surface area contributed by atoms with Gasteiger partial charge in [0.2, 0.25) is 0 Å². The summed E-state index contributed by atoms with van der Waals surface area (Å²) in [5.41, 5.74) is 9.32. The van der Waals surface area contributed by atoms with Gasteiger partial charge in [0.15, 0.2) is 0 Å². The standard InChI is InChI=1S/C12H17NS/c1-7-9-5-10(9)12-8(6-13)3-2-4-11(12)14-7/h8,10H,2-6,13H2,1H3. The third-order valence-corrected chi connectivity index (χ3v) is 5.05. The zero-order valence-corrected chi connectivity index (χ0v) is 9.49. The van der Waals surface area contributed by atoms with Crippen molar-refractivity contribution in [2.45, 2.75) is 32.6 Å². The molecule has 2 aliphatic carbocycles. The van der Waals surface area contributed by atoms with E-state index in [0.717, 1.165) is 12.5 Å². The van der Waals surface area contributed by atoms with E-state index in [9.17, 15) is 0 Å². The van der Waals surface area contributed by atoms with Gasteiger partial charge in [-0.25, -0.2) is 0 Å². The Balaban J connectivity index is 1.96. The quantitative estimate of drug-likeness (QED) is 0.715. The zero-order chi connectivity index (χ0) is 9.71. The molecule has 2 N–H and O–H groups in total. The third kappa shape index (κ3) is 1.20. The third-order valence-electron chi connectivity index (χ3n) is 3.79. The lowest BCUT2D eigenvalue weighted by atomic mass is 9.84. The highest BCUT2D eigenvalue weighted by molar-refractivity contribution is 8.06. The summed E-state index contributed by atoms with van der Waals surface area (Å²) in [5, 5.41) is 0. The summed E-state index contributed by atoms with van der Waals surface area (Å²) in [7, 11) is 0. The molecule has 3 aliphatic rings. The Bertz CT molecular complexity index is 340. The zero-order valence-electron chi connectivity index (χ0n) is 8.68. The molecule has 1 fully saturated rings. The van der Waals surface area contributed by atoms with Crippen molar-refractivity contribution in [1.82, 2.24) is 0 Å². The van der Waals surface area contributed by atoms with E-state index < -0.39 is 0 Å². The van der Waals surface area contributed by atoms with E-state index in [0.29, 0.717) is 5.92 Å². The predicted octanol–water partition coefficient (Wildman–Crippen LogP) is 3.04. The van der Waals surface area contributed by atoms with Crippen molar-refractivity contribution in [3.63, 3.8) is 0 Å². The first-order valence-corrected chi connectivity index (χ1v) is 6.43. The van der Waals surface area contributed by atoms with Gasteiger partial charge in [0.05, 0.1) is 0 Å². The van der Waals surface area contributed by atoms with Gasteiger partial charge in [0, 0.05) is 5.92 Å². The molecular formula is C12H17NS. The molecule has 2 heteroatoms. The second-order valence-electron chi connectivity index (χ2n) is 4.64. The maximum Gasteiger partial charge on any atom is 0.00703 e. The van der Waals surface area contributed by atoms with E-state index in [1.54, 1.807) is 21.0 Å². The SMILES string of the molecule is CC1=C2CC2C2=C(CCCC2CN)S1. The molecule has 14 heavy (non-hydrogen) atoms. The highest BCUT2D eigenvalue weighted by atomic mass is 32.2. The van der Waals surface area contributed by atoms with E-state index >= 15 is 0 Å². The van der Waals surface area contributed by atoms with Crippen molar-refractivity contribution >= 4 is 11.8 Å². The van der Waals surface area contributed by atoms with Crippen LogP contribution in [0.5, 0.6) is 0 Å². The maximum atomic E-state index is 5.87. The van der Waals surface area contributed by atoms with Gasteiger partial charge in [-0.05, 0) is 60.5 Å². The molecule has 0 aromatic rings. The largest absolute Gasteiger partial charge is 0.330 e. The fourth-order valence-corrected chi connectivity index (χ4v) is 4.37. The summed E-state index contributed by atoms with van der Waals surface area (Å²) >= 11 is 2.04. The second-order valence-corrected chi connectivity index (χ2v) is 5.95. The molecule has 1 heterocycles. The Morgan fingerprint density at radius 3 is 3.14 bits per heavy atom. The Labute approximate surface area is 89.8 Å². The Morgan fingerprint density at radius 1 is 1.50 bits per heavy atom. The van der Waals surface area contributed by atoms with Crippen LogP contribution >= 0.6 is 11.8 Å². The first-order chi connectivity index (χ1) is 6.81. The van der Waals surface area contributed by atoms with Crippen molar-refractivity contribution in [1.29, 1.82) is 0 Å². The lowest BCUT2D eigenvalue weighted by Crippen LogP contribution is -2.22. The van der Waals surface area contributed by atoms with Crippen molar-refractivity contribution in [3.05, 3.63) is 21.0 Å². The predicted molar refractivity (Wildman–Crippen MR) is 61.8 cm³/mol. The number of allylic oxidation sites excluding steroid dienone is 3. The van der Waals surface area contributed by atoms with Crippen molar-refractivity contribution in [2.75, 3.05) is 6.54 Å². The van der Waals surface area contributed by atoms with Gasteiger partial charge in [0.25, 0.3) is 0 Å². The van der Waals surface area contributed by atoms with Gasteiger partial charge in [-0.1, -0.05) is 17.3 Å². The van der Waals surface area contributed by atoms with E-state index in [2.05, 4.69) is 6.92 Å². The van der Waals surface area contributed by atoms with Crippen LogP contribution in [-0.4, -0.2) is 6.54 Å². The number of hydrogen-bond acceptors (Lipinski definition) is 2. The molecule has 0 radical (unpaired) electrons. The second kappa shape index (κ2) is 3.14. The number of thioether (sulfide) groups is 1. The minimum Gasteiger partial charge on any atom is -0.330 e. The molecule has 2 unspecified atom stereocenters. The monoisotopic (exact) mass is 207 g/mol. The number of fused-ring (bicyclic) bond motifs is 2. The molecule has 76 valence electrons. The van der Waals surface area contributed by atoms with Gasteiger partial charge in [-0.2, -0.15) is 0 Å². The summed E-state index contributed by atoms with van der Waals surface area (Å²) in [6.45, 7) is 3.15. The molecule has 0 aromatic carbocycles. The number of rotatable bonds is 1. The van der Waals surface area contributed by atoms with Crippen molar-refractivity contribution in [2.24, 2.45) is 17.6 Å². The van der Waals surface area contributed by atoms with Gasteiger partial charge in [-0.15, -0.1) is 0 Å². The van der Waals surface area contributed by atoms with E-state index in [4.69, 9.17) is 5.73 Å².